The topological polar surface area (TPSA) is 97.7 Å². The molecule has 0 aromatic heterocycles. The van der Waals surface area contributed by atoms with Crippen LogP contribution in [0.15, 0.2) is 60.7 Å². The fourth-order valence-electron chi connectivity index (χ4n) is 1.34. The molecule has 6 nitrogen and oxygen atoms in total. The van der Waals surface area contributed by atoms with E-state index in [4.69, 9.17) is 5.11 Å². The van der Waals surface area contributed by atoms with Gasteiger partial charge in [0.25, 0.3) is 5.78 Å². The van der Waals surface area contributed by atoms with E-state index in [2.05, 4.69) is 4.74 Å². The normalized spacial score (nSPS) is 8.91. The zero-order valence-electron chi connectivity index (χ0n) is 11.3. The zero-order chi connectivity index (χ0) is 16.4. The third kappa shape index (κ3) is 5.79. The van der Waals surface area contributed by atoms with Crippen LogP contribution >= 0.6 is 0 Å². The first-order chi connectivity index (χ1) is 10.5. The highest BCUT2D eigenvalue weighted by Gasteiger charge is 2.12. The maximum atomic E-state index is 10.7. The minimum absolute atomic E-state index is 0.132. The highest BCUT2D eigenvalue weighted by atomic mass is 16.5. The van der Waals surface area contributed by atoms with Crippen molar-refractivity contribution in [3.63, 3.8) is 0 Å². The molecule has 0 bridgehead atoms. The molecule has 0 spiro atoms. The van der Waals surface area contributed by atoms with Crippen molar-refractivity contribution in [3.05, 3.63) is 66.2 Å². The van der Waals surface area contributed by atoms with E-state index in [1.165, 1.54) is 12.1 Å². The van der Waals surface area contributed by atoms with Crippen molar-refractivity contribution in [2.75, 3.05) is 0 Å². The van der Waals surface area contributed by atoms with Crippen molar-refractivity contribution in [1.29, 1.82) is 0 Å². The molecule has 2 rings (SSSR count). The largest absolute Gasteiger partial charge is 0.475 e. The Morgan fingerprint density at radius 2 is 1.36 bits per heavy atom. The molecule has 6 heteroatoms. The van der Waals surface area contributed by atoms with Crippen LogP contribution in [0.4, 0.5) is 0 Å². The van der Waals surface area contributed by atoms with Crippen LogP contribution in [0.3, 0.4) is 0 Å². The molecule has 0 unspecified atom stereocenters. The maximum Gasteiger partial charge on any atom is 0.377 e. The van der Waals surface area contributed by atoms with Crippen molar-refractivity contribution in [2.24, 2.45) is 0 Å². The van der Waals surface area contributed by atoms with Gasteiger partial charge < -0.3 is 9.84 Å². The van der Waals surface area contributed by atoms with Gasteiger partial charge in [0, 0.05) is 5.56 Å². The number of hydrogen-bond acceptors (Lipinski definition) is 5. The fraction of sp³-hybridized carbons (Fsp3) is 0. The molecule has 0 fully saturated rings. The van der Waals surface area contributed by atoms with Gasteiger partial charge in [-0.25, -0.2) is 9.59 Å². The molecule has 0 radical (unpaired) electrons. The summed E-state index contributed by atoms with van der Waals surface area (Å²) in [6, 6.07) is 16.3. The predicted octanol–water partition coefficient (Wildman–Crippen LogP) is 1.74. The third-order valence-electron chi connectivity index (χ3n) is 2.29. The molecule has 0 amide bonds. The van der Waals surface area contributed by atoms with Crippen LogP contribution in [-0.4, -0.2) is 29.1 Å². The molecule has 0 aliphatic carbocycles. The molecule has 0 atom stereocenters. The number of ether oxygens (including phenoxy) is 1. The Hall–Kier alpha value is -3.28. The van der Waals surface area contributed by atoms with E-state index in [1.54, 1.807) is 48.5 Å². The molecule has 0 saturated carbocycles. The molecule has 2 aromatic rings. The Kier molecular flexibility index (Phi) is 6.71. The van der Waals surface area contributed by atoms with Gasteiger partial charge in [-0.1, -0.05) is 48.5 Å². The molecule has 0 saturated heterocycles. The number of carboxylic acids is 1. The minimum atomic E-state index is -1.42. The Morgan fingerprint density at radius 1 is 0.864 bits per heavy atom. The summed E-state index contributed by atoms with van der Waals surface area (Å²) in [6.45, 7) is 0. The summed E-state index contributed by atoms with van der Waals surface area (Å²) in [7, 11) is 0. The Labute approximate surface area is 126 Å². The average Bonchev–Trinajstić information content (AvgIpc) is 2.56. The van der Waals surface area contributed by atoms with Gasteiger partial charge in [0.2, 0.25) is 6.29 Å². The van der Waals surface area contributed by atoms with Crippen LogP contribution < -0.4 is 4.74 Å². The quantitative estimate of drug-likeness (QED) is 0.304. The van der Waals surface area contributed by atoms with Crippen molar-refractivity contribution in [3.8, 4) is 5.75 Å². The van der Waals surface area contributed by atoms with Crippen LogP contribution in [0.1, 0.15) is 10.4 Å². The van der Waals surface area contributed by atoms with Gasteiger partial charge in [0.1, 0.15) is 5.75 Å². The van der Waals surface area contributed by atoms with E-state index >= 15 is 0 Å². The lowest BCUT2D eigenvalue weighted by Gasteiger charge is -1.96. The molecule has 22 heavy (non-hydrogen) atoms. The fourth-order valence-corrected chi connectivity index (χ4v) is 1.34. The van der Waals surface area contributed by atoms with Gasteiger partial charge in [-0.15, -0.1) is 0 Å². The number of rotatable bonds is 4. The molecule has 1 N–H and O–H groups in total. The van der Waals surface area contributed by atoms with Gasteiger partial charge >= 0.3 is 11.9 Å². The minimum Gasteiger partial charge on any atom is -0.475 e. The smallest absolute Gasteiger partial charge is 0.377 e. The van der Waals surface area contributed by atoms with Crippen LogP contribution in [0, 0.1) is 0 Å². The van der Waals surface area contributed by atoms with Crippen LogP contribution in [0.25, 0.3) is 0 Å². The summed E-state index contributed by atoms with van der Waals surface area (Å²) in [6.07, 6.45) is 0.132. The van der Waals surface area contributed by atoms with E-state index in [9.17, 15) is 19.2 Å². The van der Waals surface area contributed by atoms with Crippen LogP contribution in [-0.2, 0) is 14.4 Å². The van der Waals surface area contributed by atoms with Crippen molar-refractivity contribution in [1.82, 2.24) is 0 Å². The summed E-state index contributed by atoms with van der Waals surface area (Å²) in [5, 5.41) is 8.29. The Morgan fingerprint density at radius 3 is 1.82 bits per heavy atom. The first-order valence-corrected chi connectivity index (χ1v) is 6.09. The number of benzene rings is 2. The van der Waals surface area contributed by atoms with Crippen molar-refractivity contribution < 1.29 is 29.0 Å². The predicted molar refractivity (Wildman–Crippen MR) is 76.5 cm³/mol. The maximum absolute atomic E-state index is 10.7. The highest BCUT2D eigenvalue weighted by molar-refractivity contribution is 6.39. The SMILES string of the molecule is O=C(O)C(=O)c1ccccc1.O=CC(=O)Oc1ccccc1. The number of aldehydes is 1. The lowest BCUT2D eigenvalue weighted by atomic mass is 10.1. The number of carbonyl (C=O) groups is 4. The number of carboxylic acid groups (broad SMARTS) is 1. The summed E-state index contributed by atoms with van der Waals surface area (Å²) < 4.78 is 4.56. The Bertz CT molecular complexity index is 647. The molecule has 112 valence electrons. The van der Waals surface area contributed by atoms with E-state index < -0.39 is 17.7 Å². The number of ketones is 1. The monoisotopic (exact) mass is 300 g/mol. The van der Waals surface area contributed by atoms with Gasteiger partial charge in [0.05, 0.1) is 0 Å². The first-order valence-electron chi connectivity index (χ1n) is 6.09. The molecule has 0 aliphatic rings. The summed E-state index contributed by atoms with van der Waals surface area (Å²) in [5.74, 6) is -2.79. The Balaban J connectivity index is 0.000000220. The first kappa shape index (κ1) is 16.8. The van der Waals surface area contributed by atoms with E-state index in [0.29, 0.717) is 5.75 Å². The number of Topliss-reactive ketones (excluding diaryl/α,β-unsaturated/α-hetero) is 1. The van der Waals surface area contributed by atoms with Crippen LogP contribution in [0.2, 0.25) is 0 Å². The van der Waals surface area contributed by atoms with E-state index in [-0.39, 0.29) is 11.8 Å². The van der Waals surface area contributed by atoms with Crippen molar-refractivity contribution >= 4 is 24.0 Å². The average molecular weight is 300 g/mol. The summed E-state index contributed by atoms with van der Waals surface area (Å²) in [5.41, 5.74) is 0.208. The number of esters is 1. The molecular formula is C16H12O6. The van der Waals surface area contributed by atoms with Gasteiger partial charge in [-0.2, -0.15) is 0 Å². The standard InChI is InChI=1S/2C8H6O3/c9-6-8(10)11-7-4-2-1-3-5-7;9-7(8(10)11)6-4-2-1-3-5-6/h1-6H;1-5H,(H,10,11). The second-order valence-corrected chi connectivity index (χ2v) is 3.85. The lowest BCUT2D eigenvalue weighted by Crippen LogP contribution is -2.12. The summed E-state index contributed by atoms with van der Waals surface area (Å²) in [4.78, 5) is 41.1. The number of aliphatic carboxylic acids is 1. The molecule has 2 aromatic carbocycles. The number of para-hydroxylation sites is 1. The lowest BCUT2D eigenvalue weighted by molar-refractivity contribution is -0.141. The molecule has 0 heterocycles. The molecular weight excluding hydrogens is 288 g/mol. The van der Waals surface area contributed by atoms with Crippen molar-refractivity contribution in [2.45, 2.75) is 0 Å². The zero-order valence-corrected chi connectivity index (χ0v) is 11.3. The van der Waals surface area contributed by atoms with Gasteiger partial charge in [-0.05, 0) is 12.1 Å². The number of hydrogen-bond donors (Lipinski definition) is 1. The van der Waals surface area contributed by atoms with E-state index in [1.807, 2.05) is 0 Å². The van der Waals surface area contributed by atoms with Crippen LogP contribution in [0.5, 0.6) is 5.75 Å². The second kappa shape index (κ2) is 8.80. The van der Waals surface area contributed by atoms with Gasteiger partial charge in [-0.3, -0.25) is 9.59 Å². The molecule has 0 aliphatic heterocycles. The van der Waals surface area contributed by atoms with E-state index in [0.717, 1.165) is 0 Å². The van der Waals surface area contributed by atoms with Gasteiger partial charge in [0.15, 0.2) is 0 Å². The summed E-state index contributed by atoms with van der Waals surface area (Å²) >= 11 is 0. The highest BCUT2D eigenvalue weighted by Crippen LogP contribution is 2.07. The third-order valence-corrected chi connectivity index (χ3v) is 2.29. The second-order valence-electron chi connectivity index (χ2n) is 3.85. The number of carbonyl (C=O) groups excluding carboxylic acids is 3.